The Hall–Kier alpha value is -1.98. The maximum Gasteiger partial charge on any atom is 0.272 e. The van der Waals surface area contributed by atoms with Crippen LogP contribution < -0.4 is 10.1 Å². The van der Waals surface area contributed by atoms with Gasteiger partial charge in [0.05, 0.1) is 15.0 Å². The third kappa shape index (κ3) is 2.62. The highest BCUT2D eigenvalue weighted by Gasteiger charge is 2.44. The van der Waals surface area contributed by atoms with Crippen molar-refractivity contribution >= 4 is 34.6 Å². The van der Waals surface area contributed by atoms with E-state index in [1.165, 1.54) is 37.0 Å². The first-order valence-corrected chi connectivity index (χ1v) is 8.85. The zero-order valence-electron chi connectivity index (χ0n) is 13.6. The van der Waals surface area contributed by atoms with Gasteiger partial charge in [-0.05, 0) is 43.0 Å². The Kier molecular flexibility index (Phi) is 3.81. The number of ether oxygens (including phenoxy) is 1. The predicted octanol–water partition coefficient (Wildman–Crippen LogP) is 5.85. The van der Waals surface area contributed by atoms with E-state index in [9.17, 15) is 10.1 Å². The molecule has 1 heterocycles. The molecule has 0 bridgehead atoms. The number of hydrogen-bond donors (Lipinski definition) is 1. The van der Waals surface area contributed by atoms with Gasteiger partial charge < -0.3 is 10.1 Å². The molecule has 2 aliphatic rings. The summed E-state index contributed by atoms with van der Waals surface area (Å²) < 4.78 is 5.98. The standard InChI is InChI=1S/C18H16Cl2N2O3/c1-10-5-15-12(18(9-21-15)3-2-4-18)8-16(10)25-17-13(19)6-11(22(23)24)7-14(17)20/h5-8,21H,2-4,9H2,1H3. The van der Waals surface area contributed by atoms with E-state index in [-0.39, 0.29) is 26.9 Å². The number of anilines is 1. The molecular weight excluding hydrogens is 363 g/mol. The van der Waals surface area contributed by atoms with Gasteiger partial charge in [-0.15, -0.1) is 0 Å². The Labute approximate surface area is 155 Å². The molecule has 1 N–H and O–H groups in total. The van der Waals surface area contributed by atoms with Crippen molar-refractivity contribution in [2.75, 3.05) is 11.9 Å². The molecule has 2 aromatic carbocycles. The minimum Gasteiger partial charge on any atom is -0.454 e. The molecule has 0 unspecified atom stereocenters. The number of non-ortho nitro benzene ring substituents is 1. The normalized spacial score (nSPS) is 16.9. The lowest BCUT2D eigenvalue weighted by Gasteiger charge is -2.38. The predicted molar refractivity (Wildman–Crippen MR) is 98.4 cm³/mol. The Balaban J connectivity index is 1.73. The highest BCUT2D eigenvalue weighted by atomic mass is 35.5. The quantitative estimate of drug-likeness (QED) is 0.537. The van der Waals surface area contributed by atoms with Crippen LogP contribution >= 0.6 is 23.2 Å². The maximum absolute atomic E-state index is 10.9. The van der Waals surface area contributed by atoms with Crippen molar-refractivity contribution in [3.63, 3.8) is 0 Å². The molecule has 1 aliphatic heterocycles. The molecule has 1 spiro atoms. The van der Waals surface area contributed by atoms with Gasteiger partial charge in [-0.1, -0.05) is 29.6 Å². The van der Waals surface area contributed by atoms with Crippen molar-refractivity contribution in [3.8, 4) is 11.5 Å². The van der Waals surface area contributed by atoms with Crippen molar-refractivity contribution < 1.29 is 9.66 Å². The summed E-state index contributed by atoms with van der Waals surface area (Å²) in [5, 5.41) is 14.6. The SMILES string of the molecule is Cc1cc2c(cc1Oc1c(Cl)cc([N+](=O)[O-])cc1Cl)C1(CCC1)CN2. The average molecular weight is 379 g/mol. The van der Waals surface area contributed by atoms with Crippen LogP contribution in [-0.2, 0) is 5.41 Å². The topological polar surface area (TPSA) is 64.4 Å². The van der Waals surface area contributed by atoms with Crippen LogP contribution in [0, 0.1) is 17.0 Å². The van der Waals surface area contributed by atoms with Crippen molar-refractivity contribution in [2.45, 2.75) is 31.6 Å². The van der Waals surface area contributed by atoms with Crippen LogP contribution in [-0.4, -0.2) is 11.5 Å². The number of halogens is 2. The summed E-state index contributed by atoms with van der Waals surface area (Å²) in [6, 6.07) is 6.63. The van der Waals surface area contributed by atoms with Crippen LogP contribution in [0.25, 0.3) is 0 Å². The second-order valence-electron chi connectivity index (χ2n) is 6.75. The molecule has 0 aromatic heterocycles. The lowest BCUT2D eigenvalue weighted by molar-refractivity contribution is -0.384. The van der Waals surface area contributed by atoms with E-state index < -0.39 is 4.92 Å². The van der Waals surface area contributed by atoms with Crippen molar-refractivity contribution in [1.29, 1.82) is 0 Å². The van der Waals surface area contributed by atoms with E-state index in [2.05, 4.69) is 17.4 Å². The van der Waals surface area contributed by atoms with Gasteiger partial charge in [-0.25, -0.2) is 0 Å². The fourth-order valence-corrected chi connectivity index (χ4v) is 4.20. The lowest BCUT2D eigenvalue weighted by Crippen LogP contribution is -2.35. The number of aryl methyl sites for hydroxylation is 1. The Bertz CT molecular complexity index is 871. The summed E-state index contributed by atoms with van der Waals surface area (Å²) in [5.41, 5.74) is 3.43. The largest absolute Gasteiger partial charge is 0.454 e. The number of fused-ring (bicyclic) bond motifs is 2. The second kappa shape index (κ2) is 5.78. The molecule has 7 heteroatoms. The van der Waals surface area contributed by atoms with Crippen LogP contribution in [0.3, 0.4) is 0 Å². The van der Waals surface area contributed by atoms with Crippen LogP contribution in [0.2, 0.25) is 10.0 Å². The van der Waals surface area contributed by atoms with Gasteiger partial charge in [0.2, 0.25) is 0 Å². The molecule has 5 nitrogen and oxygen atoms in total. The van der Waals surface area contributed by atoms with Gasteiger partial charge in [0.15, 0.2) is 5.75 Å². The van der Waals surface area contributed by atoms with Gasteiger partial charge in [-0.3, -0.25) is 10.1 Å². The number of benzene rings is 2. The molecule has 1 aliphatic carbocycles. The van der Waals surface area contributed by atoms with Crippen molar-refractivity contribution in [1.82, 2.24) is 0 Å². The number of nitro groups is 1. The number of nitrogens with one attached hydrogen (secondary N) is 1. The minimum absolute atomic E-state index is 0.121. The van der Waals surface area contributed by atoms with E-state index in [0.29, 0.717) is 5.75 Å². The molecule has 130 valence electrons. The van der Waals surface area contributed by atoms with Gasteiger partial charge >= 0.3 is 0 Å². The summed E-state index contributed by atoms with van der Waals surface area (Å²) >= 11 is 12.3. The molecule has 0 atom stereocenters. The van der Waals surface area contributed by atoms with Crippen LogP contribution in [0.4, 0.5) is 11.4 Å². The molecule has 25 heavy (non-hydrogen) atoms. The Morgan fingerprint density at radius 1 is 1.20 bits per heavy atom. The summed E-state index contributed by atoms with van der Waals surface area (Å²) in [5.74, 6) is 0.914. The fourth-order valence-electron chi connectivity index (χ4n) is 3.65. The molecule has 4 rings (SSSR count). The van der Waals surface area contributed by atoms with Gasteiger partial charge in [0.25, 0.3) is 5.69 Å². The van der Waals surface area contributed by atoms with E-state index >= 15 is 0 Å². The number of nitro benzene ring substituents is 1. The Morgan fingerprint density at radius 2 is 1.88 bits per heavy atom. The third-order valence-electron chi connectivity index (χ3n) is 5.22. The fraction of sp³-hybridized carbons (Fsp3) is 0.333. The maximum atomic E-state index is 10.9. The van der Waals surface area contributed by atoms with Crippen molar-refractivity contribution in [3.05, 3.63) is 55.6 Å². The zero-order chi connectivity index (χ0) is 17.8. The molecule has 0 amide bonds. The lowest BCUT2D eigenvalue weighted by atomic mass is 9.65. The first-order valence-electron chi connectivity index (χ1n) is 8.10. The minimum atomic E-state index is -0.534. The molecule has 0 radical (unpaired) electrons. The van der Waals surface area contributed by atoms with Crippen molar-refractivity contribution in [2.24, 2.45) is 0 Å². The molecule has 1 fully saturated rings. The first-order chi connectivity index (χ1) is 11.9. The van der Waals surface area contributed by atoms with Gasteiger partial charge in [-0.2, -0.15) is 0 Å². The van der Waals surface area contributed by atoms with Crippen LogP contribution in [0.5, 0.6) is 11.5 Å². The zero-order valence-corrected chi connectivity index (χ0v) is 15.1. The number of nitrogens with zero attached hydrogens (tertiary/aromatic N) is 1. The Morgan fingerprint density at radius 3 is 2.44 bits per heavy atom. The smallest absolute Gasteiger partial charge is 0.272 e. The highest BCUT2D eigenvalue weighted by molar-refractivity contribution is 6.37. The van der Waals surface area contributed by atoms with E-state index in [1.54, 1.807) is 0 Å². The third-order valence-corrected chi connectivity index (χ3v) is 5.78. The van der Waals surface area contributed by atoms with E-state index in [4.69, 9.17) is 27.9 Å². The summed E-state index contributed by atoms with van der Waals surface area (Å²) in [6.07, 6.45) is 3.59. The monoisotopic (exact) mass is 378 g/mol. The van der Waals surface area contributed by atoms with Crippen LogP contribution in [0.1, 0.15) is 30.4 Å². The summed E-state index contributed by atoms with van der Waals surface area (Å²) in [4.78, 5) is 10.4. The number of hydrogen-bond acceptors (Lipinski definition) is 4. The summed E-state index contributed by atoms with van der Waals surface area (Å²) in [6.45, 7) is 2.92. The van der Waals surface area contributed by atoms with E-state index in [1.807, 2.05) is 6.92 Å². The molecule has 2 aromatic rings. The molecule has 0 saturated heterocycles. The summed E-state index contributed by atoms with van der Waals surface area (Å²) in [7, 11) is 0. The average Bonchev–Trinajstić information content (AvgIpc) is 2.89. The number of rotatable bonds is 3. The molecule has 1 saturated carbocycles. The second-order valence-corrected chi connectivity index (χ2v) is 7.56. The van der Waals surface area contributed by atoms with Gasteiger partial charge in [0.1, 0.15) is 5.75 Å². The highest BCUT2D eigenvalue weighted by Crippen LogP contribution is 2.52. The first kappa shape index (κ1) is 16.5. The molecular formula is C18H16Cl2N2O3. The van der Waals surface area contributed by atoms with Crippen LogP contribution in [0.15, 0.2) is 24.3 Å². The van der Waals surface area contributed by atoms with E-state index in [0.717, 1.165) is 17.8 Å². The van der Waals surface area contributed by atoms with Gasteiger partial charge in [0, 0.05) is 29.8 Å².